The van der Waals surface area contributed by atoms with E-state index in [2.05, 4.69) is 4.98 Å². The summed E-state index contributed by atoms with van der Waals surface area (Å²) in [5, 5.41) is 1.72. The van der Waals surface area contributed by atoms with Crippen LogP contribution < -0.4 is 10.1 Å². The van der Waals surface area contributed by atoms with E-state index < -0.39 is 31.4 Å². The molecule has 1 aromatic carbocycles. The molecule has 3 aromatic rings. The normalized spacial score (nSPS) is 12.2. The molecule has 0 aliphatic rings. The van der Waals surface area contributed by atoms with Gasteiger partial charge in [-0.25, -0.2) is 4.98 Å². The van der Waals surface area contributed by atoms with Crippen LogP contribution in [0.25, 0.3) is 16.8 Å². The van der Waals surface area contributed by atoms with Crippen LogP contribution in [0.1, 0.15) is 10.5 Å². The van der Waals surface area contributed by atoms with E-state index in [1.165, 1.54) is 35.0 Å². The van der Waals surface area contributed by atoms with E-state index in [9.17, 15) is 31.1 Å². The maximum atomic E-state index is 12.5. The van der Waals surface area contributed by atoms with Crippen LogP contribution in [0.4, 0.5) is 26.3 Å². The van der Waals surface area contributed by atoms with Crippen LogP contribution in [0.5, 0.6) is 5.75 Å². The van der Waals surface area contributed by atoms with E-state index in [0.29, 0.717) is 5.56 Å². The highest BCUT2D eigenvalue weighted by Gasteiger charge is 2.30. The van der Waals surface area contributed by atoms with Crippen molar-refractivity contribution in [1.29, 1.82) is 0 Å². The Morgan fingerprint density at radius 3 is 2.38 bits per heavy atom. The van der Waals surface area contributed by atoms with Crippen molar-refractivity contribution in [3.8, 4) is 16.9 Å². The lowest BCUT2D eigenvalue weighted by molar-refractivity contribution is -0.153. The summed E-state index contributed by atoms with van der Waals surface area (Å²) in [6.07, 6.45) is -6.37. The van der Waals surface area contributed by atoms with Crippen LogP contribution in [0.2, 0.25) is 0 Å². The number of carbonyl (C=O) groups is 1. The summed E-state index contributed by atoms with van der Waals surface area (Å²) >= 11 is 0. The number of carbonyl (C=O) groups excluding carboxylic acids is 1. The zero-order valence-electron chi connectivity index (χ0n) is 14.5. The van der Waals surface area contributed by atoms with Crippen LogP contribution in [0.15, 0.2) is 48.8 Å². The summed E-state index contributed by atoms with van der Waals surface area (Å²) in [5.41, 5.74) is 0.540. The third-order valence-electron chi connectivity index (χ3n) is 3.73. The number of halogens is 6. The monoisotopic (exact) mass is 417 g/mol. The van der Waals surface area contributed by atoms with Gasteiger partial charge in [-0.1, -0.05) is 18.2 Å². The van der Waals surface area contributed by atoms with Crippen LogP contribution in [-0.4, -0.2) is 40.8 Å². The van der Waals surface area contributed by atoms with Crippen molar-refractivity contribution in [2.45, 2.75) is 12.4 Å². The van der Waals surface area contributed by atoms with Crippen molar-refractivity contribution in [1.82, 2.24) is 14.7 Å². The molecule has 2 heterocycles. The fraction of sp³-hybridized carbons (Fsp3) is 0.222. The van der Waals surface area contributed by atoms with E-state index in [1.807, 2.05) is 0 Å². The molecule has 0 atom stereocenters. The van der Waals surface area contributed by atoms with Gasteiger partial charge in [0.2, 0.25) is 0 Å². The average Bonchev–Trinajstić information content (AvgIpc) is 3.08. The predicted octanol–water partition coefficient (Wildman–Crippen LogP) is 4.23. The van der Waals surface area contributed by atoms with Crippen molar-refractivity contribution in [3.05, 3.63) is 54.5 Å². The van der Waals surface area contributed by atoms with E-state index in [0.717, 1.165) is 0 Å². The molecule has 154 valence electrons. The number of aromatic nitrogens is 2. The Morgan fingerprint density at radius 1 is 1.00 bits per heavy atom. The molecule has 1 amide bonds. The largest absolute Gasteiger partial charge is 0.483 e. The number of pyridine rings is 1. The molecule has 0 fully saturated rings. The van der Waals surface area contributed by atoms with Gasteiger partial charge in [-0.05, 0) is 18.2 Å². The molecule has 3 rings (SSSR count). The number of benzene rings is 1. The molecule has 0 aliphatic carbocycles. The maximum Gasteiger partial charge on any atom is 0.422 e. The summed E-state index contributed by atoms with van der Waals surface area (Å²) in [6.45, 7) is -3.01. The van der Waals surface area contributed by atoms with E-state index in [1.54, 1.807) is 23.5 Å². The van der Waals surface area contributed by atoms with Gasteiger partial charge in [0.1, 0.15) is 23.6 Å². The number of hydrogen-bond donors (Lipinski definition) is 1. The molecule has 2 aromatic heterocycles. The Morgan fingerprint density at radius 2 is 1.69 bits per heavy atom. The number of nitrogens with one attached hydrogen (secondary N) is 1. The molecule has 1 N–H and O–H groups in total. The van der Waals surface area contributed by atoms with Crippen LogP contribution >= 0.6 is 0 Å². The molecule has 0 unspecified atom stereocenters. The Hall–Kier alpha value is -3.24. The molecular weight excluding hydrogens is 404 g/mol. The van der Waals surface area contributed by atoms with Crippen LogP contribution in [0.3, 0.4) is 0 Å². The highest BCUT2D eigenvalue weighted by molar-refractivity contribution is 5.94. The van der Waals surface area contributed by atoms with Gasteiger partial charge in [-0.3, -0.25) is 4.79 Å². The van der Waals surface area contributed by atoms with Crippen molar-refractivity contribution >= 4 is 11.6 Å². The highest BCUT2D eigenvalue weighted by Crippen LogP contribution is 2.33. The topological polar surface area (TPSA) is 55.6 Å². The molecule has 0 bridgehead atoms. The molecule has 0 saturated carbocycles. The second kappa shape index (κ2) is 7.64. The van der Waals surface area contributed by atoms with Gasteiger partial charge in [-0.15, -0.1) is 0 Å². The van der Waals surface area contributed by atoms with Gasteiger partial charge < -0.3 is 14.5 Å². The lowest BCUT2D eigenvalue weighted by Gasteiger charge is -2.13. The number of ether oxygens (including phenoxy) is 1. The first-order valence-corrected chi connectivity index (χ1v) is 8.15. The number of rotatable bonds is 5. The Labute approximate surface area is 159 Å². The van der Waals surface area contributed by atoms with Gasteiger partial charge in [-0.2, -0.15) is 26.3 Å². The Kier molecular flexibility index (Phi) is 5.40. The SMILES string of the molecule is O=C(NCC(F)(F)F)c1cn2cccc(-c3ccccc3OCC(F)(F)F)c2n1. The third-order valence-corrected chi connectivity index (χ3v) is 3.73. The van der Waals surface area contributed by atoms with Crippen LogP contribution in [0, 0.1) is 0 Å². The van der Waals surface area contributed by atoms with Crippen LogP contribution in [-0.2, 0) is 0 Å². The van der Waals surface area contributed by atoms with E-state index in [-0.39, 0.29) is 22.7 Å². The zero-order chi connectivity index (χ0) is 21.2. The molecule has 0 radical (unpaired) electrons. The number of nitrogens with zero attached hydrogens (tertiary/aromatic N) is 2. The second-order valence-corrected chi connectivity index (χ2v) is 5.98. The Bertz CT molecular complexity index is 1030. The fourth-order valence-electron chi connectivity index (χ4n) is 2.58. The summed E-state index contributed by atoms with van der Waals surface area (Å²) < 4.78 is 80.7. The standard InChI is InChI=1S/C18H13F6N3O2/c19-17(20,21)9-25-16(28)13-8-27-7-3-5-12(15(27)26-13)11-4-1-2-6-14(11)29-10-18(22,23)24/h1-8H,9-10H2,(H,25,28). The van der Waals surface area contributed by atoms with Gasteiger partial charge in [0.25, 0.3) is 5.91 Å². The smallest absolute Gasteiger partial charge is 0.422 e. The number of para-hydroxylation sites is 1. The minimum Gasteiger partial charge on any atom is -0.483 e. The molecule has 11 heteroatoms. The summed E-state index contributed by atoms with van der Waals surface area (Å²) in [4.78, 5) is 16.0. The zero-order valence-corrected chi connectivity index (χ0v) is 14.5. The van der Waals surface area contributed by atoms with Crippen molar-refractivity contribution in [3.63, 3.8) is 0 Å². The minimum atomic E-state index is -4.57. The first-order valence-electron chi connectivity index (χ1n) is 8.15. The first-order chi connectivity index (χ1) is 13.5. The number of hydrogen-bond acceptors (Lipinski definition) is 3. The molecule has 0 aliphatic heterocycles. The third kappa shape index (κ3) is 5.18. The molecular formula is C18H13F6N3O2. The van der Waals surface area contributed by atoms with Crippen molar-refractivity contribution in [2.24, 2.45) is 0 Å². The quantitative estimate of drug-likeness (QED) is 0.632. The fourth-order valence-corrected chi connectivity index (χ4v) is 2.58. The first kappa shape index (κ1) is 20.5. The summed E-state index contributed by atoms with van der Waals surface area (Å²) in [7, 11) is 0. The van der Waals surface area contributed by atoms with Gasteiger partial charge in [0.05, 0.1) is 0 Å². The maximum absolute atomic E-state index is 12.5. The molecule has 29 heavy (non-hydrogen) atoms. The average molecular weight is 417 g/mol. The highest BCUT2D eigenvalue weighted by atomic mass is 19.4. The second-order valence-electron chi connectivity index (χ2n) is 5.98. The lowest BCUT2D eigenvalue weighted by Crippen LogP contribution is -2.33. The van der Waals surface area contributed by atoms with Crippen molar-refractivity contribution in [2.75, 3.05) is 13.2 Å². The molecule has 5 nitrogen and oxygen atoms in total. The predicted molar refractivity (Wildman–Crippen MR) is 90.6 cm³/mol. The molecule has 0 saturated heterocycles. The number of fused-ring (bicyclic) bond motifs is 1. The lowest BCUT2D eigenvalue weighted by atomic mass is 10.1. The van der Waals surface area contributed by atoms with Gasteiger partial charge in [0, 0.05) is 23.5 Å². The van der Waals surface area contributed by atoms with Gasteiger partial charge >= 0.3 is 12.4 Å². The number of alkyl halides is 6. The Balaban J connectivity index is 1.96. The number of amides is 1. The minimum absolute atomic E-state index is 0.0519. The van der Waals surface area contributed by atoms with Gasteiger partial charge in [0.15, 0.2) is 6.61 Å². The van der Waals surface area contributed by atoms with Crippen molar-refractivity contribution < 1.29 is 35.9 Å². The molecule has 0 spiro atoms. The van der Waals surface area contributed by atoms with E-state index >= 15 is 0 Å². The summed E-state index contributed by atoms with van der Waals surface area (Å²) in [5.74, 6) is -1.08. The number of imidazole rings is 1. The van der Waals surface area contributed by atoms with E-state index in [4.69, 9.17) is 4.74 Å². The summed E-state index contributed by atoms with van der Waals surface area (Å²) in [6, 6.07) is 9.05.